The molecule has 0 spiro atoms. The van der Waals surface area contributed by atoms with E-state index in [0.29, 0.717) is 4.90 Å². The Morgan fingerprint density at radius 2 is 1.79 bits per heavy atom. The Morgan fingerprint density at radius 3 is 2.42 bits per heavy atom. The van der Waals surface area contributed by atoms with Crippen molar-refractivity contribution in [3.05, 3.63) is 65.7 Å². The number of sulfone groups is 1. The van der Waals surface area contributed by atoms with Gasteiger partial charge in [0.25, 0.3) is 0 Å². The Bertz CT molecular complexity index is 744. The van der Waals surface area contributed by atoms with Crippen LogP contribution >= 0.6 is 0 Å². The molecule has 0 radical (unpaired) electrons. The fourth-order valence-corrected chi connectivity index (χ4v) is 4.31. The zero-order valence-electron chi connectivity index (χ0n) is 14.1. The van der Waals surface area contributed by atoms with E-state index in [-0.39, 0.29) is 24.4 Å². The quantitative estimate of drug-likeness (QED) is 0.770. The van der Waals surface area contributed by atoms with E-state index in [2.05, 4.69) is 5.32 Å². The van der Waals surface area contributed by atoms with Crippen LogP contribution in [0.5, 0.6) is 0 Å². The average molecular weight is 347 g/mol. The highest BCUT2D eigenvalue weighted by atomic mass is 32.2. The van der Waals surface area contributed by atoms with Crippen molar-refractivity contribution in [2.45, 2.75) is 43.9 Å². The molecule has 0 saturated carbocycles. The third kappa shape index (κ3) is 4.90. The predicted molar refractivity (Wildman–Crippen MR) is 96.5 cm³/mol. The first-order valence-corrected chi connectivity index (χ1v) is 9.85. The molecule has 4 nitrogen and oxygen atoms in total. The van der Waals surface area contributed by atoms with E-state index in [1.54, 1.807) is 24.3 Å². The van der Waals surface area contributed by atoms with Gasteiger partial charge in [-0.1, -0.05) is 49.4 Å². The first kappa shape index (κ1) is 18.6. The number of aliphatic hydroxyl groups excluding tert-OH is 1. The summed E-state index contributed by atoms with van der Waals surface area (Å²) in [7, 11) is -3.31. The number of hydrogen-bond acceptors (Lipinski definition) is 4. The van der Waals surface area contributed by atoms with Gasteiger partial charge < -0.3 is 10.4 Å². The van der Waals surface area contributed by atoms with Gasteiger partial charge in [0.05, 0.1) is 17.3 Å². The highest BCUT2D eigenvalue weighted by Crippen LogP contribution is 2.18. The van der Waals surface area contributed by atoms with Crippen LogP contribution in [0.15, 0.2) is 59.5 Å². The Kier molecular flexibility index (Phi) is 6.54. The summed E-state index contributed by atoms with van der Waals surface area (Å²) in [6.45, 7) is 3.99. The second kappa shape index (κ2) is 8.42. The fraction of sp³-hybridized carbons (Fsp3) is 0.368. The van der Waals surface area contributed by atoms with Crippen LogP contribution in [0.3, 0.4) is 0 Å². The minimum absolute atomic E-state index is 0.000152. The van der Waals surface area contributed by atoms with E-state index in [1.807, 2.05) is 44.2 Å². The molecule has 5 heteroatoms. The summed E-state index contributed by atoms with van der Waals surface area (Å²) in [4.78, 5) is 0.361. The number of benzene rings is 2. The van der Waals surface area contributed by atoms with Crippen LogP contribution in [0.25, 0.3) is 0 Å². The minimum atomic E-state index is -3.31. The van der Waals surface area contributed by atoms with Crippen molar-refractivity contribution in [2.24, 2.45) is 0 Å². The fourth-order valence-electron chi connectivity index (χ4n) is 2.68. The van der Waals surface area contributed by atoms with Crippen LogP contribution in [0, 0.1) is 0 Å². The van der Waals surface area contributed by atoms with Crippen molar-refractivity contribution < 1.29 is 13.5 Å². The Hall–Kier alpha value is -1.69. The lowest BCUT2D eigenvalue weighted by Crippen LogP contribution is -2.37. The first-order chi connectivity index (χ1) is 11.5. The molecule has 2 unspecified atom stereocenters. The van der Waals surface area contributed by atoms with Gasteiger partial charge in [-0.25, -0.2) is 8.42 Å². The largest absolute Gasteiger partial charge is 0.392 e. The normalized spacial score (nSPS) is 14.3. The molecule has 0 aliphatic heterocycles. The third-order valence-electron chi connectivity index (χ3n) is 4.14. The lowest BCUT2D eigenvalue weighted by atomic mass is 10.0. The molecular formula is C19H25NO3S. The second-order valence-corrected chi connectivity index (χ2v) is 8.03. The standard InChI is InChI=1S/C19H25NO3S/c1-3-18(14-24(22,23)19-10-5-4-6-11-19)20-15(2)17-9-7-8-16(12-17)13-21/h4-12,15,18,20-21H,3,13-14H2,1-2H3. The maximum atomic E-state index is 12.5. The third-order valence-corrected chi connectivity index (χ3v) is 5.97. The van der Waals surface area contributed by atoms with Crippen LogP contribution < -0.4 is 5.32 Å². The molecule has 0 aromatic heterocycles. The highest BCUT2D eigenvalue weighted by molar-refractivity contribution is 7.91. The lowest BCUT2D eigenvalue weighted by Gasteiger charge is -2.23. The molecule has 0 saturated heterocycles. The Morgan fingerprint density at radius 1 is 1.08 bits per heavy atom. The molecule has 0 aliphatic rings. The minimum Gasteiger partial charge on any atom is -0.392 e. The van der Waals surface area contributed by atoms with Crippen molar-refractivity contribution in [3.8, 4) is 0 Å². The van der Waals surface area contributed by atoms with Crippen molar-refractivity contribution in [3.63, 3.8) is 0 Å². The van der Waals surface area contributed by atoms with Crippen molar-refractivity contribution in [1.29, 1.82) is 0 Å². The van der Waals surface area contributed by atoms with Gasteiger partial charge in [0, 0.05) is 12.1 Å². The molecular weight excluding hydrogens is 322 g/mol. The van der Waals surface area contributed by atoms with Gasteiger partial charge in [0.2, 0.25) is 0 Å². The van der Waals surface area contributed by atoms with Crippen molar-refractivity contribution >= 4 is 9.84 Å². The lowest BCUT2D eigenvalue weighted by molar-refractivity contribution is 0.281. The van der Waals surface area contributed by atoms with Gasteiger partial charge in [-0.2, -0.15) is 0 Å². The highest BCUT2D eigenvalue weighted by Gasteiger charge is 2.21. The van der Waals surface area contributed by atoms with E-state index in [9.17, 15) is 13.5 Å². The van der Waals surface area contributed by atoms with E-state index in [1.165, 1.54) is 0 Å². The number of rotatable bonds is 8. The predicted octanol–water partition coefficient (Wildman–Crippen LogP) is 3.08. The molecule has 2 N–H and O–H groups in total. The molecule has 0 amide bonds. The molecule has 0 bridgehead atoms. The van der Waals surface area contributed by atoms with Crippen LogP contribution in [0.4, 0.5) is 0 Å². The molecule has 2 aromatic carbocycles. The average Bonchev–Trinajstić information content (AvgIpc) is 2.61. The monoisotopic (exact) mass is 347 g/mol. The summed E-state index contributed by atoms with van der Waals surface area (Å²) in [6.07, 6.45) is 0.718. The van der Waals surface area contributed by atoms with Crippen LogP contribution in [0.2, 0.25) is 0 Å². The zero-order chi connectivity index (χ0) is 17.6. The van der Waals surface area contributed by atoms with E-state index < -0.39 is 9.84 Å². The van der Waals surface area contributed by atoms with Crippen molar-refractivity contribution in [2.75, 3.05) is 5.75 Å². The van der Waals surface area contributed by atoms with Gasteiger partial charge in [-0.3, -0.25) is 0 Å². The molecule has 130 valence electrons. The van der Waals surface area contributed by atoms with Gasteiger partial charge in [0.15, 0.2) is 9.84 Å². The molecule has 0 aliphatic carbocycles. The number of aliphatic hydroxyl groups is 1. The summed E-state index contributed by atoms with van der Waals surface area (Å²) in [6, 6.07) is 16.1. The summed E-state index contributed by atoms with van der Waals surface area (Å²) >= 11 is 0. The SMILES string of the molecule is CCC(CS(=O)(=O)c1ccccc1)NC(C)c1cccc(CO)c1. The van der Waals surface area contributed by atoms with Gasteiger partial charge in [-0.15, -0.1) is 0 Å². The number of hydrogen-bond donors (Lipinski definition) is 2. The maximum absolute atomic E-state index is 12.5. The summed E-state index contributed by atoms with van der Waals surface area (Å²) in [5.74, 6) is 0.0670. The van der Waals surface area contributed by atoms with Gasteiger partial charge in [0.1, 0.15) is 0 Å². The smallest absolute Gasteiger partial charge is 0.179 e. The van der Waals surface area contributed by atoms with Crippen LogP contribution in [0.1, 0.15) is 37.4 Å². The Labute approximate surface area is 144 Å². The Balaban J connectivity index is 2.09. The number of nitrogens with one attached hydrogen (secondary N) is 1. The molecule has 24 heavy (non-hydrogen) atoms. The van der Waals surface area contributed by atoms with E-state index >= 15 is 0 Å². The van der Waals surface area contributed by atoms with E-state index in [0.717, 1.165) is 17.5 Å². The first-order valence-electron chi connectivity index (χ1n) is 8.19. The zero-order valence-corrected chi connectivity index (χ0v) is 15.0. The summed E-state index contributed by atoms with van der Waals surface area (Å²) in [5.41, 5.74) is 1.89. The molecule has 2 aromatic rings. The molecule has 2 rings (SSSR count). The van der Waals surface area contributed by atoms with Crippen LogP contribution in [-0.2, 0) is 16.4 Å². The van der Waals surface area contributed by atoms with Gasteiger partial charge in [-0.05, 0) is 36.6 Å². The van der Waals surface area contributed by atoms with E-state index in [4.69, 9.17) is 0 Å². The molecule has 2 atom stereocenters. The summed E-state index contributed by atoms with van der Waals surface area (Å²) < 4.78 is 25.1. The molecule has 0 heterocycles. The molecule has 0 fully saturated rings. The summed E-state index contributed by atoms with van der Waals surface area (Å²) in [5, 5.41) is 12.7. The maximum Gasteiger partial charge on any atom is 0.179 e. The van der Waals surface area contributed by atoms with Crippen molar-refractivity contribution in [1.82, 2.24) is 5.32 Å². The second-order valence-electron chi connectivity index (χ2n) is 5.99. The van der Waals surface area contributed by atoms with Gasteiger partial charge >= 0.3 is 0 Å². The van der Waals surface area contributed by atoms with Crippen LogP contribution in [-0.4, -0.2) is 25.3 Å². The topological polar surface area (TPSA) is 66.4 Å².